The van der Waals surface area contributed by atoms with Crippen LogP contribution in [0.1, 0.15) is 31.4 Å². The Hall–Kier alpha value is -2.15. The predicted octanol–water partition coefficient (Wildman–Crippen LogP) is 2.91. The number of oxime groups is 1. The van der Waals surface area contributed by atoms with Crippen LogP contribution in [-0.4, -0.2) is 40.4 Å². The van der Waals surface area contributed by atoms with Crippen molar-refractivity contribution in [3.63, 3.8) is 0 Å². The van der Waals surface area contributed by atoms with Gasteiger partial charge in [0, 0.05) is 13.0 Å². The lowest BCUT2D eigenvalue weighted by atomic mass is 10.1. The lowest BCUT2D eigenvalue weighted by molar-refractivity contribution is -0.402. The summed E-state index contributed by atoms with van der Waals surface area (Å²) in [6.45, 7) is 3.03. The van der Waals surface area contributed by atoms with Crippen LogP contribution in [0.25, 0.3) is 6.08 Å². The Kier molecular flexibility index (Phi) is 5.51. The fourth-order valence-corrected chi connectivity index (χ4v) is 2.33. The molecule has 0 radical (unpaired) electrons. The maximum Gasteiger partial charge on any atom is 0.433 e. The zero-order valence-corrected chi connectivity index (χ0v) is 11.8. The number of nitrogens with zero attached hydrogens (tertiary/aromatic N) is 3. The van der Waals surface area contributed by atoms with Crippen LogP contribution in [0.3, 0.4) is 0 Å². The lowest BCUT2D eigenvalue weighted by Gasteiger charge is -2.26. The topological polar surface area (TPSA) is 92.1 Å². The highest BCUT2D eigenvalue weighted by molar-refractivity contribution is 5.97. The second kappa shape index (κ2) is 7.58. The summed E-state index contributed by atoms with van der Waals surface area (Å²) < 4.78 is 5.00. The Morgan fingerprint density at radius 1 is 1.43 bits per heavy atom. The fraction of sp³-hybridized carbons (Fsp3) is 0.500. The van der Waals surface area contributed by atoms with Crippen molar-refractivity contribution in [3.05, 3.63) is 34.1 Å². The standard InChI is InChI=1S/C14H19N3O4/c18-15-12(8-11-16-9-2-1-3-10-16)4-5-13-6-7-14(21-13)17(19)20/h4-7,18H,1-3,8-11H2. The normalized spacial score (nSPS) is 17.4. The first-order valence-corrected chi connectivity index (χ1v) is 7.04. The highest BCUT2D eigenvalue weighted by Gasteiger charge is 2.11. The van der Waals surface area contributed by atoms with E-state index < -0.39 is 4.92 Å². The zero-order chi connectivity index (χ0) is 15.1. The molecule has 0 amide bonds. The smallest absolute Gasteiger partial charge is 0.411 e. The molecule has 0 atom stereocenters. The van der Waals surface area contributed by atoms with Gasteiger partial charge in [0.2, 0.25) is 0 Å². The minimum absolute atomic E-state index is 0.301. The van der Waals surface area contributed by atoms with Gasteiger partial charge >= 0.3 is 5.88 Å². The molecule has 0 spiro atoms. The summed E-state index contributed by atoms with van der Waals surface area (Å²) in [5.74, 6) is 0.0614. The van der Waals surface area contributed by atoms with Gasteiger partial charge in [-0.1, -0.05) is 11.6 Å². The fourth-order valence-electron chi connectivity index (χ4n) is 2.33. The van der Waals surface area contributed by atoms with E-state index in [2.05, 4.69) is 10.1 Å². The molecule has 1 saturated heterocycles. The molecule has 0 saturated carbocycles. The summed E-state index contributed by atoms with van der Waals surface area (Å²) in [6.07, 6.45) is 7.55. The minimum Gasteiger partial charge on any atom is -0.411 e. The number of piperidine rings is 1. The first-order chi connectivity index (χ1) is 10.2. The van der Waals surface area contributed by atoms with E-state index >= 15 is 0 Å². The van der Waals surface area contributed by atoms with Crippen molar-refractivity contribution in [1.29, 1.82) is 0 Å². The largest absolute Gasteiger partial charge is 0.433 e. The average molecular weight is 293 g/mol. The van der Waals surface area contributed by atoms with Crippen LogP contribution in [-0.2, 0) is 0 Å². The van der Waals surface area contributed by atoms with Crippen molar-refractivity contribution in [2.75, 3.05) is 19.6 Å². The van der Waals surface area contributed by atoms with Crippen LogP contribution in [0.5, 0.6) is 0 Å². The van der Waals surface area contributed by atoms with Crippen molar-refractivity contribution in [1.82, 2.24) is 4.90 Å². The van der Waals surface area contributed by atoms with Crippen LogP contribution in [0.2, 0.25) is 0 Å². The van der Waals surface area contributed by atoms with Gasteiger partial charge in [-0.2, -0.15) is 0 Å². The van der Waals surface area contributed by atoms with E-state index in [-0.39, 0.29) is 5.88 Å². The molecular formula is C14H19N3O4. The molecule has 0 unspecified atom stereocenters. The number of rotatable bonds is 6. The van der Waals surface area contributed by atoms with Gasteiger partial charge in [-0.25, -0.2) is 0 Å². The molecular weight excluding hydrogens is 274 g/mol. The Morgan fingerprint density at radius 3 is 2.81 bits per heavy atom. The van der Waals surface area contributed by atoms with E-state index in [9.17, 15) is 10.1 Å². The third-order valence-electron chi connectivity index (χ3n) is 3.49. The van der Waals surface area contributed by atoms with Crippen LogP contribution in [0.4, 0.5) is 5.88 Å². The van der Waals surface area contributed by atoms with Crippen molar-refractivity contribution in [3.8, 4) is 0 Å². The summed E-state index contributed by atoms with van der Waals surface area (Å²) in [5, 5.41) is 22.8. The van der Waals surface area contributed by atoms with E-state index in [1.54, 1.807) is 12.2 Å². The minimum atomic E-state index is -0.589. The summed E-state index contributed by atoms with van der Waals surface area (Å²) >= 11 is 0. The number of allylic oxidation sites excluding steroid dienone is 1. The van der Waals surface area contributed by atoms with Crippen LogP contribution < -0.4 is 0 Å². The van der Waals surface area contributed by atoms with E-state index in [4.69, 9.17) is 9.62 Å². The zero-order valence-electron chi connectivity index (χ0n) is 11.8. The van der Waals surface area contributed by atoms with E-state index in [1.165, 1.54) is 31.4 Å². The molecule has 1 aromatic rings. The van der Waals surface area contributed by atoms with Gasteiger partial charge in [0.25, 0.3) is 0 Å². The molecule has 7 heteroatoms. The van der Waals surface area contributed by atoms with Crippen molar-refractivity contribution in [2.24, 2.45) is 5.16 Å². The highest BCUT2D eigenvalue weighted by Crippen LogP contribution is 2.17. The van der Waals surface area contributed by atoms with Crippen molar-refractivity contribution in [2.45, 2.75) is 25.7 Å². The van der Waals surface area contributed by atoms with Crippen LogP contribution >= 0.6 is 0 Å². The third kappa shape index (κ3) is 4.71. The van der Waals surface area contributed by atoms with Gasteiger partial charge in [0.05, 0.1) is 11.8 Å². The van der Waals surface area contributed by atoms with Gasteiger partial charge in [0.1, 0.15) is 10.7 Å². The number of likely N-dealkylation sites (tertiary alicyclic amines) is 1. The second-order valence-electron chi connectivity index (χ2n) is 5.01. The number of hydrogen-bond acceptors (Lipinski definition) is 6. The number of hydrogen-bond donors (Lipinski definition) is 1. The Morgan fingerprint density at radius 2 is 2.19 bits per heavy atom. The monoisotopic (exact) mass is 293 g/mol. The highest BCUT2D eigenvalue weighted by atomic mass is 16.6. The molecule has 21 heavy (non-hydrogen) atoms. The summed E-state index contributed by atoms with van der Waals surface area (Å²) in [4.78, 5) is 12.3. The lowest BCUT2D eigenvalue weighted by Crippen LogP contribution is -2.31. The summed E-state index contributed by atoms with van der Waals surface area (Å²) in [5.41, 5.74) is 0.527. The van der Waals surface area contributed by atoms with E-state index in [0.29, 0.717) is 17.9 Å². The quantitative estimate of drug-likeness (QED) is 0.377. The second-order valence-corrected chi connectivity index (χ2v) is 5.01. The molecule has 1 aromatic heterocycles. The number of furan rings is 1. The van der Waals surface area contributed by atoms with E-state index in [0.717, 1.165) is 19.6 Å². The number of nitro groups is 1. The van der Waals surface area contributed by atoms with Gasteiger partial charge < -0.3 is 14.5 Å². The Balaban J connectivity index is 1.85. The molecule has 2 rings (SSSR count). The van der Waals surface area contributed by atoms with Crippen molar-refractivity contribution >= 4 is 17.7 Å². The maximum atomic E-state index is 10.5. The molecule has 1 aliphatic rings. The van der Waals surface area contributed by atoms with Gasteiger partial charge in [-0.15, -0.1) is 0 Å². The molecule has 1 aliphatic heterocycles. The molecule has 1 N–H and O–H groups in total. The maximum absolute atomic E-state index is 10.5. The average Bonchev–Trinajstić information content (AvgIpc) is 2.98. The van der Waals surface area contributed by atoms with Gasteiger partial charge in [0.15, 0.2) is 0 Å². The van der Waals surface area contributed by atoms with Gasteiger partial charge in [-0.3, -0.25) is 10.1 Å². The molecule has 0 aromatic carbocycles. The van der Waals surface area contributed by atoms with E-state index in [1.807, 2.05) is 0 Å². The molecule has 1 fully saturated rings. The molecule has 0 aliphatic carbocycles. The Bertz CT molecular complexity index is 530. The summed E-state index contributed by atoms with van der Waals surface area (Å²) in [6, 6.07) is 2.80. The predicted molar refractivity (Wildman–Crippen MR) is 78.5 cm³/mol. The Labute approximate surface area is 122 Å². The van der Waals surface area contributed by atoms with Gasteiger partial charge in [-0.05, 0) is 44.1 Å². The summed E-state index contributed by atoms with van der Waals surface area (Å²) in [7, 11) is 0. The molecule has 0 bridgehead atoms. The van der Waals surface area contributed by atoms with Crippen LogP contribution in [0, 0.1) is 10.1 Å². The van der Waals surface area contributed by atoms with Crippen molar-refractivity contribution < 1.29 is 14.5 Å². The molecule has 114 valence electrons. The SMILES string of the molecule is O=[N+]([O-])c1ccc(C=CC(CCN2CCCCC2)=NO)o1. The first-order valence-electron chi connectivity index (χ1n) is 7.04. The molecule has 2 heterocycles. The molecule has 7 nitrogen and oxygen atoms in total. The van der Waals surface area contributed by atoms with Crippen LogP contribution in [0.15, 0.2) is 27.8 Å². The third-order valence-corrected chi connectivity index (χ3v) is 3.49. The first kappa shape index (κ1) is 15.2.